The van der Waals surface area contributed by atoms with Crippen LogP contribution in [0.1, 0.15) is 43.1 Å². The van der Waals surface area contributed by atoms with E-state index in [1.165, 1.54) is 16.8 Å². The van der Waals surface area contributed by atoms with Crippen LogP contribution >= 0.6 is 10.7 Å². The average molecular weight is 320 g/mol. The van der Waals surface area contributed by atoms with Crippen molar-refractivity contribution < 1.29 is 17.9 Å². The van der Waals surface area contributed by atoms with Crippen LogP contribution in [0.4, 0.5) is 0 Å². The topological polar surface area (TPSA) is 65.4 Å². The zero-order valence-electron chi connectivity index (χ0n) is 11.5. The molecule has 0 amide bonds. The summed E-state index contributed by atoms with van der Waals surface area (Å²) in [6.45, 7) is 2.07. The van der Waals surface area contributed by atoms with Crippen LogP contribution in [0.15, 0.2) is 17.2 Å². The number of ether oxygens (including phenoxy) is 1. The number of esters is 1. The lowest BCUT2D eigenvalue weighted by Gasteiger charge is -2.28. The van der Waals surface area contributed by atoms with Crippen molar-refractivity contribution in [3.05, 3.63) is 18.0 Å². The summed E-state index contributed by atoms with van der Waals surface area (Å²) < 4.78 is 29.4. The van der Waals surface area contributed by atoms with Crippen LogP contribution in [-0.2, 0) is 20.8 Å². The van der Waals surface area contributed by atoms with Crippen molar-refractivity contribution in [1.29, 1.82) is 0 Å². The Hall–Kier alpha value is -1.01. The summed E-state index contributed by atoms with van der Waals surface area (Å²) in [6, 6.07) is 1.25. The molecule has 1 aromatic rings. The van der Waals surface area contributed by atoms with E-state index in [0.717, 1.165) is 25.7 Å². The lowest BCUT2D eigenvalue weighted by Crippen LogP contribution is -2.28. The van der Waals surface area contributed by atoms with Crippen LogP contribution in [0.5, 0.6) is 0 Å². The number of aromatic nitrogens is 1. The average Bonchev–Trinajstić information content (AvgIpc) is 2.74. The van der Waals surface area contributed by atoms with Crippen LogP contribution in [0.2, 0.25) is 0 Å². The van der Waals surface area contributed by atoms with Gasteiger partial charge in [-0.1, -0.05) is 13.3 Å². The fourth-order valence-electron chi connectivity index (χ4n) is 2.53. The quantitative estimate of drug-likeness (QED) is 0.634. The summed E-state index contributed by atoms with van der Waals surface area (Å²) in [6.07, 6.45) is 5.33. The van der Waals surface area contributed by atoms with Crippen LogP contribution in [0.3, 0.4) is 0 Å². The highest BCUT2D eigenvalue weighted by molar-refractivity contribution is 8.13. The van der Waals surface area contributed by atoms with Crippen LogP contribution in [-0.4, -0.2) is 25.1 Å². The third-order valence-electron chi connectivity index (χ3n) is 3.76. The monoisotopic (exact) mass is 319 g/mol. The Bertz CT molecular complexity index is 608. The fraction of sp³-hybridized carbons (Fsp3) is 0.615. The third kappa shape index (κ3) is 3.35. The van der Waals surface area contributed by atoms with Gasteiger partial charge >= 0.3 is 5.97 Å². The smallest absolute Gasteiger partial charge is 0.355 e. The molecule has 1 fully saturated rings. The summed E-state index contributed by atoms with van der Waals surface area (Å²) >= 11 is 0. The van der Waals surface area contributed by atoms with E-state index in [4.69, 9.17) is 15.4 Å². The summed E-state index contributed by atoms with van der Waals surface area (Å²) in [5, 5.41) is 0. The second kappa shape index (κ2) is 5.77. The first-order valence-electron chi connectivity index (χ1n) is 6.61. The van der Waals surface area contributed by atoms with Gasteiger partial charge in [0.05, 0.1) is 0 Å². The van der Waals surface area contributed by atoms with Gasteiger partial charge in [0.25, 0.3) is 9.05 Å². The Balaban J connectivity index is 2.15. The van der Waals surface area contributed by atoms with Gasteiger partial charge in [0.15, 0.2) is 0 Å². The van der Waals surface area contributed by atoms with E-state index in [-0.39, 0.29) is 16.7 Å². The van der Waals surface area contributed by atoms with Crippen LogP contribution in [0.25, 0.3) is 0 Å². The van der Waals surface area contributed by atoms with Gasteiger partial charge in [-0.25, -0.2) is 13.2 Å². The minimum absolute atomic E-state index is 0.0923. The molecule has 1 saturated carbocycles. The van der Waals surface area contributed by atoms with Gasteiger partial charge in [-0.2, -0.15) is 0 Å². The molecule has 0 saturated heterocycles. The lowest BCUT2D eigenvalue weighted by molar-refractivity contribution is 0.00384. The highest BCUT2D eigenvalue weighted by Crippen LogP contribution is 2.27. The molecule has 0 bridgehead atoms. The first-order chi connectivity index (χ1) is 9.29. The zero-order valence-corrected chi connectivity index (χ0v) is 13.1. The van der Waals surface area contributed by atoms with Gasteiger partial charge in [-0.3, -0.25) is 0 Å². The van der Waals surface area contributed by atoms with Crippen LogP contribution < -0.4 is 0 Å². The SMILES string of the molecule is CC1CCCCC1OC(=O)c1cc(S(=O)(=O)Cl)cn1C. The number of hydrogen-bond acceptors (Lipinski definition) is 4. The molecule has 1 aliphatic carbocycles. The van der Waals surface area contributed by atoms with E-state index in [1.807, 2.05) is 0 Å². The second-order valence-electron chi connectivity index (χ2n) is 5.32. The van der Waals surface area contributed by atoms with Gasteiger partial charge in [-0.15, -0.1) is 0 Å². The van der Waals surface area contributed by atoms with Crippen LogP contribution in [0, 0.1) is 5.92 Å². The molecule has 7 heteroatoms. The molecule has 1 aromatic heterocycles. The molecule has 2 rings (SSSR count). The van der Waals surface area contributed by atoms with Gasteiger partial charge < -0.3 is 9.30 Å². The van der Waals surface area contributed by atoms with Crippen molar-refractivity contribution in [1.82, 2.24) is 4.57 Å². The molecule has 112 valence electrons. The Morgan fingerprint density at radius 1 is 1.40 bits per heavy atom. The highest BCUT2D eigenvalue weighted by atomic mass is 35.7. The largest absolute Gasteiger partial charge is 0.457 e. The Kier molecular flexibility index (Phi) is 4.44. The normalized spacial score (nSPS) is 23.6. The van der Waals surface area contributed by atoms with Crippen molar-refractivity contribution in [2.75, 3.05) is 0 Å². The number of carbonyl (C=O) groups excluding carboxylic acids is 1. The summed E-state index contributed by atoms with van der Waals surface area (Å²) in [7, 11) is 3.02. The number of aryl methyl sites for hydroxylation is 1. The van der Waals surface area contributed by atoms with Gasteiger partial charge in [0, 0.05) is 23.9 Å². The molecular weight excluding hydrogens is 302 g/mol. The molecule has 0 aliphatic heterocycles. The number of nitrogens with zero attached hydrogens (tertiary/aromatic N) is 1. The first kappa shape index (κ1) is 15.4. The van der Waals surface area contributed by atoms with E-state index >= 15 is 0 Å². The maximum Gasteiger partial charge on any atom is 0.355 e. The maximum atomic E-state index is 12.1. The summed E-state index contributed by atoms with van der Waals surface area (Å²) in [4.78, 5) is 12.0. The fourth-order valence-corrected chi connectivity index (χ4v) is 3.32. The highest BCUT2D eigenvalue weighted by Gasteiger charge is 2.27. The molecule has 0 spiro atoms. The van der Waals surface area contributed by atoms with Gasteiger partial charge in [-0.05, 0) is 31.2 Å². The van der Waals surface area contributed by atoms with E-state index in [0.29, 0.717) is 5.92 Å². The third-order valence-corrected chi connectivity index (χ3v) is 5.08. The maximum absolute atomic E-state index is 12.1. The number of rotatable bonds is 3. The predicted molar refractivity (Wildman–Crippen MR) is 75.3 cm³/mol. The molecule has 2 atom stereocenters. The summed E-state index contributed by atoms with van der Waals surface area (Å²) in [5.74, 6) is -0.165. The van der Waals surface area contributed by atoms with E-state index in [9.17, 15) is 13.2 Å². The molecule has 0 radical (unpaired) electrons. The van der Waals surface area contributed by atoms with Crippen molar-refractivity contribution in [2.45, 2.75) is 43.6 Å². The lowest BCUT2D eigenvalue weighted by atomic mass is 9.88. The van der Waals surface area contributed by atoms with Crippen molar-refractivity contribution >= 4 is 25.7 Å². The predicted octanol–water partition coefficient (Wildman–Crippen LogP) is 2.69. The van der Waals surface area contributed by atoms with E-state index in [2.05, 4.69) is 6.92 Å². The molecule has 0 aromatic carbocycles. The van der Waals surface area contributed by atoms with E-state index < -0.39 is 15.0 Å². The molecule has 1 aliphatic rings. The Labute approximate surface area is 123 Å². The van der Waals surface area contributed by atoms with E-state index in [1.54, 1.807) is 7.05 Å². The van der Waals surface area contributed by atoms with Crippen molar-refractivity contribution in [3.63, 3.8) is 0 Å². The molecule has 20 heavy (non-hydrogen) atoms. The zero-order chi connectivity index (χ0) is 14.9. The van der Waals surface area contributed by atoms with Crippen molar-refractivity contribution in [2.24, 2.45) is 13.0 Å². The Morgan fingerprint density at radius 3 is 2.60 bits per heavy atom. The standard InChI is InChI=1S/C13H18ClNO4S/c1-9-5-3-4-6-12(9)19-13(16)11-7-10(8-15(11)2)20(14,17)18/h7-9,12H,3-6H2,1-2H3. The molecular formula is C13H18ClNO4S. The second-order valence-corrected chi connectivity index (χ2v) is 7.88. The molecule has 2 unspecified atom stereocenters. The first-order valence-corrected chi connectivity index (χ1v) is 8.92. The number of halogens is 1. The number of hydrogen-bond donors (Lipinski definition) is 0. The van der Waals surface area contributed by atoms with Gasteiger partial charge in [0.1, 0.15) is 16.7 Å². The summed E-state index contributed by atoms with van der Waals surface area (Å²) in [5.41, 5.74) is 0.196. The minimum atomic E-state index is -3.84. The van der Waals surface area contributed by atoms with Crippen molar-refractivity contribution in [3.8, 4) is 0 Å². The van der Waals surface area contributed by atoms with Gasteiger partial charge in [0.2, 0.25) is 0 Å². The molecule has 1 heterocycles. The minimum Gasteiger partial charge on any atom is -0.457 e. The number of carbonyl (C=O) groups is 1. The Morgan fingerprint density at radius 2 is 2.05 bits per heavy atom. The molecule has 0 N–H and O–H groups in total. The molecule has 5 nitrogen and oxygen atoms in total.